The van der Waals surface area contributed by atoms with Gasteiger partial charge in [0.2, 0.25) is 5.95 Å². The molecule has 2 aromatic heterocycles. The summed E-state index contributed by atoms with van der Waals surface area (Å²) in [6.45, 7) is 8.26. The Morgan fingerprint density at radius 1 is 1.18 bits per heavy atom. The molecule has 0 aliphatic rings. The van der Waals surface area contributed by atoms with Gasteiger partial charge in [-0.25, -0.2) is 4.79 Å². The zero-order valence-corrected chi connectivity index (χ0v) is 16.4. The summed E-state index contributed by atoms with van der Waals surface area (Å²) in [4.78, 5) is 24.3. The van der Waals surface area contributed by atoms with Gasteiger partial charge in [-0.15, -0.1) is 5.10 Å². The second kappa shape index (κ2) is 8.08. The molecule has 0 radical (unpaired) electrons. The summed E-state index contributed by atoms with van der Waals surface area (Å²) in [6.07, 6.45) is 1.58. The van der Waals surface area contributed by atoms with E-state index in [4.69, 9.17) is 4.74 Å². The highest BCUT2D eigenvalue weighted by Gasteiger charge is 2.18. The van der Waals surface area contributed by atoms with E-state index in [1.165, 1.54) is 0 Å². The summed E-state index contributed by atoms with van der Waals surface area (Å²) in [5.41, 5.74) is 4.11. The highest BCUT2D eigenvalue weighted by Crippen LogP contribution is 2.24. The molecular formula is C20H23N5O3. The molecule has 3 aromatic rings. The van der Waals surface area contributed by atoms with Crippen LogP contribution < -0.4 is 10.6 Å². The van der Waals surface area contributed by atoms with E-state index in [1.54, 1.807) is 35.7 Å². The fraction of sp³-hybridized carbons (Fsp3) is 0.300. The van der Waals surface area contributed by atoms with Crippen molar-refractivity contribution in [2.24, 2.45) is 0 Å². The maximum Gasteiger partial charge on any atom is 0.339 e. The van der Waals surface area contributed by atoms with Crippen LogP contribution in [0.2, 0.25) is 0 Å². The minimum Gasteiger partial charge on any atom is -0.462 e. The fourth-order valence-corrected chi connectivity index (χ4v) is 2.97. The van der Waals surface area contributed by atoms with Crippen LogP contribution in [0.3, 0.4) is 0 Å². The first-order valence-electron chi connectivity index (χ1n) is 9.13. The van der Waals surface area contributed by atoms with E-state index in [0.717, 1.165) is 16.8 Å². The third-order valence-electron chi connectivity index (χ3n) is 4.41. The highest BCUT2D eigenvalue weighted by molar-refractivity contribution is 5.95. The monoisotopic (exact) mass is 381 g/mol. The first kappa shape index (κ1) is 19.3. The highest BCUT2D eigenvalue weighted by atomic mass is 16.5. The summed E-state index contributed by atoms with van der Waals surface area (Å²) in [6, 6.07) is 7.14. The van der Waals surface area contributed by atoms with Gasteiger partial charge < -0.3 is 15.4 Å². The number of nitrogens with zero attached hydrogens (tertiary/aromatic N) is 3. The molecule has 0 unspecified atom stereocenters. The molecule has 0 aliphatic heterocycles. The van der Waals surface area contributed by atoms with Crippen molar-refractivity contribution in [2.45, 2.75) is 27.7 Å². The summed E-state index contributed by atoms with van der Waals surface area (Å²) in [5.74, 6) is -0.0812. The molecule has 0 atom stereocenters. The van der Waals surface area contributed by atoms with Crippen LogP contribution in [0.4, 0.5) is 11.6 Å². The number of nitrogens with one attached hydrogen (secondary N) is 2. The summed E-state index contributed by atoms with van der Waals surface area (Å²) in [5, 5.41) is 14.2. The van der Waals surface area contributed by atoms with Crippen molar-refractivity contribution in [3.8, 4) is 0 Å². The molecule has 3 rings (SSSR count). The van der Waals surface area contributed by atoms with Gasteiger partial charge in [0.1, 0.15) is 0 Å². The maximum absolute atomic E-state index is 12.2. The number of aromatic nitrogens is 3. The van der Waals surface area contributed by atoms with Crippen molar-refractivity contribution in [2.75, 3.05) is 18.5 Å². The first-order chi connectivity index (χ1) is 13.5. The van der Waals surface area contributed by atoms with Crippen molar-refractivity contribution >= 4 is 29.0 Å². The van der Waals surface area contributed by atoms with E-state index in [2.05, 4.69) is 20.8 Å². The van der Waals surface area contributed by atoms with Crippen LogP contribution in [0.5, 0.6) is 0 Å². The lowest BCUT2D eigenvalue weighted by Crippen LogP contribution is -2.22. The molecule has 2 heterocycles. The number of aryl methyl sites for hydroxylation is 2. The molecule has 1 amide bonds. The van der Waals surface area contributed by atoms with Crippen LogP contribution >= 0.6 is 0 Å². The van der Waals surface area contributed by atoms with Gasteiger partial charge in [-0.2, -0.15) is 5.10 Å². The lowest BCUT2D eigenvalue weighted by molar-refractivity contribution is 0.0525. The number of rotatable bonds is 6. The van der Waals surface area contributed by atoms with Gasteiger partial charge in [-0.05, 0) is 51.5 Å². The van der Waals surface area contributed by atoms with Crippen LogP contribution in [-0.4, -0.2) is 39.6 Å². The number of ether oxygens (including phenoxy) is 1. The van der Waals surface area contributed by atoms with Gasteiger partial charge in [-0.1, -0.05) is 6.07 Å². The molecule has 0 bridgehead atoms. The molecule has 0 saturated carbocycles. The van der Waals surface area contributed by atoms with E-state index in [0.29, 0.717) is 35.9 Å². The third kappa shape index (κ3) is 3.66. The van der Waals surface area contributed by atoms with Gasteiger partial charge in [0.25, 0.3) is 5.91 Å². The molecule has 28 heavy (non-hydrogen) atoms. The Morgan fingerprint density at radius 3 is 2.68 bits per heavy atom. The number of esters is 1. The molecule has 0 spiro atoms. The fourth-order valence-electron chi connectivity index (χ4n) is 2.97. The second-order valence-electron chi connectivity index (χ2n) is 6.31. The van der Waals surface area contributed by atoms with Crippen LogP contribution in [0, 0.1) is 13.8 Å². The maximum atomic E-state index is 12.2. The van der Waals surface area contributed by atoms with Crippen LogP contribution in [-0.2, 0) is 4.74 Å². The Morgan fingerprint density at radius 2 is 1.96 bits per heavy atom. The molecule has 1 aromatic carbocycles. The number of fused-ring (bicyclic) bond motifs is 1. The normalized spacial score (nSPS) is 10.7. The predicted octanol–water partition coefficient (Wildman–Crippen LogP) is 3.02. The molecule has 146 valence electrons. The van der Waals surface area contributed by atoms with Crippen molar-refractivity contribution in [1.82, 2.24) is 19.9 Å². The summed E-state index contributed by atoms with van der Waals surface area (Å²) in [7, 11) is 0. The zero-order chi connectivity index (χ0) is 20.3. The SMILES string of the molecule is CCNC(=O)c1ccc(C)c(Nc2nncc3cc(C(=O)OCC)c(C)n23)c1. The Kier molecular flexibility index (Phi) is 5.58. The third-order valence-corrected chi connectivity index (χ3v) is 4.41. The molecular weight excluding hydrogens is 358 g/mol. The molecule has 0 saturated heterocycles. The topological polar surface area (TPSA) is 97.6 Å². The average molecular weight is 381 g/mol. The molecule has 0 aliphatic carbocycles. The molecule has 0 fully saturated rings. The van der Waals surface area contributed by atoms with E-state index in [-0.39, 0.29) is 11.9 Å². The smallest absolute Gasteiger partial charge is 0.339 e. The van der Waals surface area contributed by atoms with Crippen molar-refractivity contribution in [3.05, 3.63) is 52.8 Å². The quantitative estimate of drug-likeness (QED) is 0.637. The minimum absolute atomic E-state index is 0.142. The van der Waals surface area contributed by atoms with Gasteiger partial charge in [-0.3, -0.25) is 9.20 Å². The van der Waals surface area contributed by atoms with Gasteiger partial charge >= 0.3 is 5.97 Å². The Labute approximate surface area is 162 Å². The van der Waals surface area contributed by atoms with Crippen LogP contribution in [0.15, 0.2) is 30.5 Å². The Bertz CT molecular complexity index is 1040. The van der Waals surface area contributed by atoms with Gasteiger partial charge in [0.05, 0.1) is 23.9 Å². The van der Waals surface area contributed by atoms with Crippen molar-refractivity contribution < 1.29 is 14.3 Å². The largest absolute Gasteiger partial charge is 0.462 e. The lowest BCUT2D eigenvalue weighted by Gasteiger charge is -2.13. The lowest BCUT2D eigenvalue weighted by atomic mass is 10.1. The average Bonchev–Trinajstić information content (AvgIpc) is 3.02. The number of anilines is 2. The van der Waals surface area contributed by atoms with E-state index in [1.807, 2.05) is 26.8 Å². The predicted molar refractivity (Wildman–Crippen MR) is 106 cm³/mol. The number of carbonyl (C=O) groups is 2. The molecule has 2 N–H and O–H groups in total. The van der Waals surface area contributed by atoms with E-state index < -0.39 is 0 Å². The summed E-state index contributed by atoms with van der Waals surface area (Å²) < 4.78 is 6.93. The standard InChI is InChI=1S/C20H23N5O3/c1-5-21-18(26)14-8-7-12(3)17(9-14)23-20-24-22-11-15-10-16(13(4)25(15)20)19(27)28-6-2/h7-11H,5-6H2,1-4H3,(H,21,26)(H,23,24). The first-order valence-corrected chi connectivity index (χ1v) is 9.13. The summed E-state index contributed by atoms with van der Waals surface area (Å²) >= 11 is 0. The van der Waals surface area contributed by atoms with E-state index >= 15 is 0 Å². The van der Waals surface area contributed by atoms with Crippen molar-refractivity contribution in [3.63, 3.8) is 0 Å². The van der Waals surface area contributed by atoms with Crippen LogP contribution in [0.25, 0.3) is 5.52 Å². The zero-order valence-electron chi connectivity index (χ0n) is 16.4. The molecule has 8 heteroatoms. The Balaban J connectivity index is 2.02. The molecule has 8 nitrogen and oxygen atoms in total. The van der Waals surface area contributed by atoms with Crippen LogP contribution in [0.1, 0.15) is 45.8 Å². The number of hydrogen-bond donors (Lipinski definition) is 2. The van der Waals surface area contributed by atoms with E-state index in [9.17, 15) is 9.59 Å². The van der Waals surface area contributed by atoms with Gasteiger partial charge in [0.15, 0.2) is 0 Å². The number of amides is 1. The Hall–Kier alpha value is -3.42. The number of benzene rings is 1. The van der Waals surface area contributed by atoms with Crippen molar-refractivity contribution in [1.29, 1.82) is 0 Å². The van der Waals surface area contributed by atoms with Gasteiger partial charge in [0, 0.05) is 23.5 Å². The second-order valence-corrected chi connectivity index (χ2v) is 6.31. The minimum atomic E-state index is -0.385. The number of hydrogen-bond acceptors (Lipinski definition) is 6. The number of carbonyl (C=O) groups excluding carboxylic acids is 2.